The minimum Gasteiger partial charge on any atom is -0.381 e. The third kappa shape index (κ3) is 4.79. The predicted octanol–water partition coefficient (Wildman–Crippen LogP) is 2.37. The summed E-state index contributed by atoms with van der Waals surface area (Å²) in [7, 11) is -1.83. The standard InChI is InChI=1S/C18H26F2N2O3S/c1-25-18-4-6-21(7-5-18)17-2-8-22(9-3-17)26(23,24)13-14-10-15(19)12-16(20)11-14/h10-12,17-18H,2-9,13H2,1H3. The topological polar surface area (TPSA) is 49.9 Å². The van der Waals surface area contributed by atoms with Gasteiger partial charge in [-0.2, -0.15) is 0 Å². The molecule has 2 aliphatic heterocycles. The largest absolute Gasteiger partial charge is 0.381 e. The number of sulfonamides is 1. The summed E-state index contributed by atoms with van der Waals surface area (Å²) in [5.41, 5.74) is 0.145. The highest BCUT2D eigenvalue weighted by Gasteiger charge is 2.32. The normalized spacial score (nSPS) is 22.0. The molecule has 5 nitrogen and oxygen atoms in total. The summed E-state index contributed by atoms with van der Waals surface area (Å²) in [6, 6.07) is 3.29. The lowest BCUT2D eigenvalue weighted by Gasteiger charge is -2.41. The van der Waals surface area contributed by atoms with Crippen LogP contribution in [0.3, 0.4) is 0 Å². The average Bonchev–Trinajstić information content (AvgIpc) is 2.60. The molecule has 0 radical (unpaired) electrons. The molecular weight excluding hydrogens is 362 g/mol. The van der Waals surface area contributed by atoms with Crippen LogP contribution >= 0.6 is 0 Å². The fraction of sp³-hybridized carbons (Fsp3) is 0.667. The molecule has 0 aliphatic carbocycles. The molecule has 2 heterocycles. The van der Waals surface area contributed by atoms with E-state index >= 15 is 0 Å². The van der Waals surface area contributed by atoms with Gasteiger partial charge in [0.25, 0.3) is 0 Å². The van der Waals surface area contributed by atoms with Gasteiger partial charge in [-0.15, -0.1) is 0 Å². The zero-order valence-corrected chi connectivity index (χ0v) is 15.9. The monoisotopic (exact) mass is 388 g/mol. The highest BCUT2D eigenvalue weighted by molar-refractivity contribution is 7.88. The van der Waals surface area contributed by atoms with Crippen LogP contribution in [0.1, 0.15) is 31.2 Å². The van der Waals surface area contributed by atoms with Gasteiger partial charge in [0, 0.05) is 45.4 Å². The first-order valence-corrected chi connectivity index (χ1v) is 10.7. The quantitative estimate of drug-likeness (QED) is 0.777. The van der Waals surface area contributed by atoms with Crippen LogP contribution in [0.5, 0.6) is 0 Å². The van der Waals surface area contributed by atoms with E-state index in [4.69, 9.17) is 4.74 Å². The predicted molar refractivity (Wildman–Crippen MR) is 95.2 cm³/mol. The van der Waals surface area contributed by atoms with Crippen LogP contribution in [0.4, 0.5) is 8.78 Å². The van der Waals surface area contributed by atoms with Gasteiger partial charge in [-0.25, -0.2) is 21.5 Å². The highest BCUT2D eigenvalue weighted by Crippen LogP contribution is 2.24. The minimum atomic E-state index is -3.58. The number of methoxy groups -OCH3 is 1. The zero-order chi connectivity index (χ0) is 18.7. The van der Waals surface area contributed by atoms with E-state index in [1.165, 1.54) is 4.31 Å². The molecule has 0 N–H and O–H groups in total. The first kappa shape index (κ1) is 19.7. The molecule has 2 aliphatic rings. The van der Waals surface area contributed by atoms with Gasteiger partial charge in [0.1, 0.15) is 11.6 Å². The van der Waals surface area contributed by atoms with E-state index in [9.17, 15) is 17.2 Å². The SMILES string of the molecule is COC1CCN(C2CCN(S(=O)(=O)Cc3cc(F)cc(F)c3)CC2)CC1. The van der Waals surface area contributed by atoms with E-state index in [1.54, 1.807) is 7.11 Å². The van der Waals surface area contributed by atoms with Crippen molar-refractivity contribution in [1.82, 2.24) is 9.21 Å². The van der Waals surface area contributed by atoms with Crippen LogP contribution in [0.25, 0.3) is 0 Å². The van der Waals surface area contributed by atoms with Crippen molar-refractivity contribution in [1.29, 1.82) is 0 Å². The third-order valence-electron chi connectivity index (χ3n) is 5.41. The molecule has 146 valence electrons. The molecule has 1 aromatic carbocycles. The van der Waals surface area contributed by atoms with E-state index in [1.807, 2.05) is 0 Å². The summed E-state index contributed by atoms with van der Waals surface area (Å²) in [4.78, 5) is 2.43. The molecule has 3 rings (SSSR count). The summed E-state index contributed by atoms with van der Waals surface area (Å²) in [6.07, 6.45) is 3.93. The van der Waals surface area contributed by atoms with Crippen molar-refractivity contribution in [3.63, 3.8) is 0 Å². The Morgan fingerprint density at radius 3 is 2.12 bits per heavy atom. The number of halogens is 2. The van der Waals surface area contributed by atoms with Crippen LogP contribution in [-0.4, -0.2) is 63.1 Å². The summed E-state index contributed by atoms with van der Waals surface area (Å²) in [5.74, 6) is -1.88. The van der Waals surface area contributed by atoms with Crippen molar-refractivity contribution in [2.75, 3.05) is 33.3 Å². The first-order chi connectivity index (χ1) is 12.4. The summed E-state index contributed by atoms with van der Waals surface area (Å²) in [5, 5.41) is 0. The number of nitrogens with zero attached hydrogens (tertiary/aromatic N) is 2. The Morgan fingerprint density at radius 2 is 1.58 bits per heavy atom. The number of hydrogen-bond donors (Lipinski definition) is 0. The lowest BCUT2D eigenvalue weighted by atomic mass is 10.00. The molecule has 0 atom stereocenters. The van der Waals surface area contributed by atoms with Gasteiger partial charge in [0.05, 0.1) is 11.9 Å². The fourth-order valence-corrected chi connectivity index (χ4v) is 5.50. The van der Waals surface area contributed by atoms with Crippen molar-refractivity contribution in [3.8, 4) is 0 Å². The summed E-state index contributed by atoms with van der Waals surface area (Å²) in [6.45, 7) is 2.88. The number of piperidine rings is 2. The molecule has 8 heteroatoms. The van der Waals surface area contributed by atoms with Gasteiger partial charge in [-0.05, 0) is 43.4 Å². The van der Waals surface area contributed by atoms with Crippen molar-refractivity contribution in [2.45, 2.75) is 43.6 Å². The molecule has 0 unspecified atom stereocenters. The molecule has 1 aromatic rings. The van der Waals surface area contributed by atoms with Crippen LogP contribution in [0.15, 0.2) is 18.2 Å². The summed E-state index contributed by atoms with van der Waals surface area (Å²) < 4.78 is 58.6. The molecule has 2 saturated heterocycles. The number of benzene rings is 1. The number of ether oxygens (including phenoxy) is 1. The molecule has 0 amide bonds. The van der Waals surface area contributed by atoms with Crippen LogP contribution in [0.2, 0.25) is 0 Å². The van der Waals surface area contributed by atoms with Gasteiger partial charge < -0.3 is 9.64 Å². The number of hydrogen-bond acceptors (Lipinski definition) is 4. The van der Waals surface area contributed by atoms with E-state index in [-0.39, 0.29) is 11.3 Å². The Bertz CT molecular complexity index is 693. The van der Waals surface area contributed by atoms with Gasteiger partial charge >= 0.3 is 0 Å². The number of likely N-dealkylation sites (tertiary alicyclic amines) is 1. The summed E-state index contributed by atoms with van der Waals surface area (Å²) >= 11 is 0. The van der Waals surface area contributed by atoms with E-state index in [2.05, 4.69) is 4.90 Å². The van der Waals surface area contributed by atoms with Gasteiger partial charge in [-0.3, -0.25) is 0 Å². The lowest BCUT2D eigenvalue weighted by molar-refractivity contribution is 0.0190. The molecule has 0 saturated carbocycles. The van der Waals surface area contributed by atoms with E-state index in [0.717, 1.165) is 57.0 Å². The molecule has 0 bridgehead atoms. The van der Waals surface area contributed by atoms with Crippen molar-refractivity contribution >= 4 is 10.0 Å². The molecule has 26 heavy (non-hydrogen) atoms. The van der Waals surface area contributed by atoms with Gasteiger partial charge in [-0.1, -0.05) is 0 Å². The van der Waals surface area contributed by atoms with Crippen molar-refractivity contribution < 1.29 is 21.9 Å². The maximum Gasteiger partial charge on any atom is 0.218 e. The first-order valence-electron chi connectivity index (χ1n) is 9.07. The number of rotatable bonds is 5. The highest BCUT2D eigenvalue weighted by atomic mass is 32.2. The van der Waals surface area contributed by atoms with E-state index in [0.29, 0.717) is 25.2 Å². The zero-order valence-electron chi connectivity index (χ0n) is 15.0. The molecular formula is C18H26F2N2O3S. The Balaban J connectivity index is 1.55. The third-order valence-corrected chi connectivity index (χ3v) is 7.26. The van der Waals surface area contributed by atoms with Crippen LogP contribution in [0, 0.1) is 11.6 Å². The van der Waals surface area contributed by atoms with Crippen molar-refractivity contribution in [2.24, 2.45) is 0 Å². The Hall–Kier alpha value is -1.09. The molecule has 0 spiro atoms. The van der Waals surface area contributed by atoms with Crippen LogP contribution < -0.4 is 0 Å². The second-order valence-electron chi connectivity index (χ2n) is 7.14. The van der Waals surface area contributed by atoms with Crippen molar-refractivity contribution in [3.05, 3.63) is 35.4 Å². The molecule has 2 fully saturated rings. The second kappa shape index (κ2) is 8.29. The van der Waals surface area contributed by atoms with Gasteiger partial charge in [0.2, 0.25) is 10.0 Å². The smallest absolute Gasteiger partial charge is 0.218 e. The minimum absolute atomic E-state index is 0.145. The average molecular weight is 388 g/mol. The van der Waals surface area contributed by atoms with Gasteiger partial charge in [0.15, 0.2) is 0 Å². The van der Waals surface area contributed by atoms with E-state index < -0.39 is 21.7 Å². The molecule has 0 aromatic heterocycles. The lowest BCUT2D eigenvalue weighted by Crippen LogP contribution is -2.49. The Labute approximate surface area is 154 Å². The Kier molecular flexibility index (Phi) is 6.27. The fourth-order valence-electron chi connectivity index (χ4n) is 3.96. The Morgan fingerprint density at radius 1 is 1.00 bits per heavy atom. The maximum absolute atomic E-state index is 13.3. The second-order valence-corrected chi connectivity index (χ2v) is 9.10. The maximum atomic E-state index is 13.3. The van der Waals surface area contributed by atoms with Crippen LogP contribution in [-0.2, 0) is 20.5 Å².